The van der Waals surface area contributed by atoms with Crippen LogP contribution in [-0.4, -0.2) is 6.54 Å². The summed E-state index contributed by atoms with van der Waals surface area (Å²) in [6.45, 7) is 7.84. The Morgan fingerprint density at radius 3 is 2.38 bits per heavy atom. The van der Waals surface area contributed by atoms with Gasteiger partial charge in [-0.3, -0.25) is 0 Å². The van der Waals surface area contributed by atoms with Crippen LogP contribution in [0.2, 0.25) is 0 Å². The highest BCUT2D eigenvalue weighted by molar-refractivity contribution is 5.83. The third kappa shape index (κ3) is 4.07. The van der Waals surface area contributed by atoms with Crippen LogP contribution < -0.4 is 5.32 Å². The molecule has 0 aromatic heterocycles. The zero-order chi connectivity index (χ0) is 15.1. The zero-order valence-electron chi connectivity index (χ0n) is 13.7. The average molecular weight is 283 g/mol. The quantitative estimate of drug-likeness (QED) is 0.654. The van der Waals surface area contributed by atoms with Gasteiger partial charge in [0.15, 0.2) is 0 Å². The highest BCUT2D eigenvalue weighted by Crippen LogP contribution is 2.30. The molecule has 21 heavy (non-hydrogen) atoms. The number of nitrogens with one attached hydrogen (secondary N) is 1. The van der Waals surface area contributed by atoms with Crippen LogP contribution in [-0.2, 0) is 0 Å². The summed E-state index contributed by atoms with van der Waals surface area (Å²) in [6.07, 6.45) is 5.17. The van der Waals surface area contributed by atoms with Crippen molar-refractivity contribution in [2.75, 3.05) is 6.54 Å². The first-order valence-electron chi connectivity index (χ1n) is 8.52. The van der Waals surface area contributed by atoms with Crippen molar-refractivity contribution in [3.8, 4) is 0 Å². The molecule has 1 heteroatoms. The van der Waals surface area contributed by atoms with E-state index in [2.05, 4.69) is 68.6 Å². The van der Waals surface area contributed by atoms with Crippen molar-refractivity contribution >= 4 is 10.8 Å². The maximum atomic E-state index is 3.72. The monoisotopic (exact) mass is 283 g/mol. The Bertz CT molecular complexity index is 546. The van der Waals surface area contributed by atoms with Crippen molar-refractivity contribution in [2.24, 2.45) is 5.92 Å². The molecule has 0 saturated heterocycles. The SMILES string of the molecule is CCCCC(CC)C(NCC)c1ccc2ccccc2c1. The maximum Gasteiger partial charge on any atom is 0.0348 e. The molecule has 2 aromatic rings. The molecule has 114 valence electrons. The maximum absolute atomic E-state index is 3.72. The molecule has 0 saturated carbocycles. The molecule has 0 radical (unpaired) electrons. The number of unbranched alkanes of at least 4 members (excludes halogenated alkanes) is 1. The van der Waals surface area contributed by atoms with Gasteiger partial charge in [-0.25, -0.2) is 0 Å². The summed E-state index contributed by atoms with van der Waals surface area (Å²) < 4.78 is 0. The summed E-state index contributed by atoms with van der Waals surface area (Å²) in [5.74, 6) is 0.728. The van der Waals surface area contributed by atoms with Crippen LogP contribution in [0.1, 0.15) is 58.1 Å². The molecular weight excluding hydrogens is 254 g/mol. The second-order valence-corrected chi connectivity index (χ2v) is 5.95. The number of hydrogen-bond acceptors (Lipinski definition) is 1. The van der Waals surface area contributed by atoms with Crippen molar-refractivity contribution in [3.63, 3.8) is 0 Å². The summed E-state index contributed by atoms with van der Waals surface area (Å²) in [5, 5.41) is 6.41. The predicted octanol–water partition coefficient (Wildman–Crippen LogP) is 5.71. The van der Waals surface area contributed by atoms with Crippen LogP contribution in [0.3, 0.4) is 0 Å². The van der Waals surface area contributed by atoms with Crippen LogP contribution in [0.25, 0.3) is 10.8 Å². The molecule has 2 aromatic carbocycles. The van der Waals surface area contributed by atoms with Crippen molar-refractivity contribution in [1.29, 1.82) is 0 Å². The molecule has 1 nitrogen and oxygen atoms in total. The van der Waals surface area contributed by atoms with E-state index in [1.54, 1.807) is 0 Å². The average Bonchev–Trinajstić information content (AvgIpc) is 2.54. The van der Waals surface area contributed by atoms with Crippen molar-refractivity contribution < 1.29 is 0 Å². The molecule has 0 spiro atoms. The van der Waals surface area contributed by atoms with Gasteiger partial charge in [0, 0.05) is 6.04 Å². The van der Waals surface area contributed by atoms with Gasteiger partial charge in [0.05, 0.1) is 0 Å². The van der Waals surface area contributed by atoms with Crippen LogP contribution in [0.5, 0.6) is 0 Å². The Balaban J connectivity index is 2.29. The Morgan fingerprint density at radius 2 is 1.71 bits per heavy atom. The van der Waals surface area contributed by atoms with Gasteiger partial charge < -0.3 is 5.32 Å². The van der Waals surface area contributed by atoms with Gasteiger partial charge in [0.25, 0.3) is 0 Å². The predicted molar refractivity (Wildman–Crippen MR) is 93.7 cm³/mol. The first kappa shape index (κ1) is 16.0. The lowest BCUT2D eigenvalue weighted by Crippen LogP contribution is -2.28. The standard InChI is InChI=1S/C20H29N/c1-4-7-10-16(5-2)20(21-6-3)19-14-13-17-11-8-9-12-18(17)15-19/h8-9,11-16,20-21H,4-7,10H2,1-3H3. The first-order chi connectivity index (χ1) is 10.3. The van der Waals surface area contributed by atoms with Crippen LogP contribution in [0.4, 0.5) is 0 Å². The summed E-state index contributed by atoms with van der Waals surface area (Å²) in [6, 6.07) is 16.1. The molecule has 0 heterocycles. The second kappa shape index (κ2) is 8.19. The van der Waals surface area contributed by atoms with Crippen LogP contribution in [0, 0.1) is 5.92 Å². The van der Waals surface area contributed by atoms with E-state index in [9.17, 15) is 0 Å². The van der Waals surface area contributed by atoms with Gasteiger partial charge in [-0.2, -0.15) is 0 Å². The number of rotatable bonds is 8. The zero-order valence-corrected chi connectivity index (χ0v) is 13.7. The Hall–Kier alpha value is -1.34. The minimum atomic E-state index is 0.483. The van der Waals surface area contributed by atoms with E-state index in [0.29, 0.717) is 6.04 Å². The van der Waals surface area contributed by atoms with Crippen molar-refractivity contribution in [3.05, 3.63) is 48.0 Å². The van der Waals surface area contributed by atoms with Gasteiger partial charge in [0.2, 0.25) is 0 Å². The smallest absolute Gasteiger partial charge is 0.0348 e. The normalized spacial score (nSPS) is 14.2. The highest BCUT2D eigenvalue weighted by atomic mass is 14.9. The molecule has 2 atom stereocenters. The highest BCUT2D eigenvalue weighted by Gasteiger charge is 2.20. The molecule has 2 unspecified atom stereocenters. The fourth-order valence-corrected chi connectivity index (χ4v) is 3.25. The van der Waals surface area contributed by atoms with Gasteiger partial charge in [0.1, 0.15) is 0 Å². The van der Waals surface area contributed by atoms with Crippen molar-refractivity contribution in [1.82, 2.24) is 5.32 Å². The van der Waals surface area contributed by atoms with Crippen molar-refractivity contribution in [2.45, 2.75) is 52.5 Å². The Labute approximate surface area is 129 Å². The molecule has 0 aliphatic rings. The minimum Gasteiger partial charge on any atom is -0.310 e. The van der Waals surface area contributed by atoms with E-state index in [-0.39, 0.29) is 0 Å². The fourth-order valence-electron chi connectivity index (χ4n) is 3.25. The Kier molecular flexibility index (Phi) is 6.25. The van der Waals surface area contributed by atoms with Crippen LogP contribution >= 0.6 is 0 Å². The fraction of sp³-hybridized carbons (Fsp3) is 0.500. The largest absolute Gasteiger partial charge is 0.310 e. The van der Waals surface area contributed by atoms with E-state index in [0.717, 1.165) is 12.5 Å². The summed E-state index contributed by atoms with van der Waals surface area (Å²) in [4.78, 5) is 0. The molecule has 0 aliphatic carbocycles. The van der Waals surface area contributed by atoms with E-state index in [1.807, 2.05) is 0 Å². The summed E-state index contributed by atoms with van der Waals surface area (Å²) >= 11 is 0. The van der Waals surface area contributed by atoms with Gasteiger partial charge in [-0.05, 0) is 41.3 Å². The van der Waals surface area contributed by atoms with Gasteiger partial charge >= 0.3 is 0 Å². The van der Waals surface area contributed by atoms with E-state index in [4.69, 9.17) is 0 Å². The van der Waals surface area contributed by atoms with E-state index >= 15 is 0 Å². The van der Waals surface area contributed by atoms with Gasteiger partial charge in [-0.15, -0.1) is 0 Å². The molecule has 0 amide bonds. The molecule has 0 fully saturated rings. The Morgan fingerprint density at radius 1 is 0.952 bits per heavy atom. The van der Waals surface area contributed by atoms with Gasteiger partial charge in [-0.1, -0.05) is 76.4 Å². The van der Waals surface area contributed by atoms with E-state index < -0.39 is 0 Å². The van der Waals surface area contributed by atoms with Crippen LogP contribution in [0.15, 0.2) is 42.5 Å². The first-order valence-corrected chi connectivity index (χ1v) is 8.52. The number of benzene rings is 2. The molecule has 0 aliphatic heterocycles. The lowest BCUT2D eigenvalue weighted by atomic mass is 9.86. The molecule has 0 bridgehead atoms. The lowest BCUT2D eigenvalue weighted by Gasteiger charge is -2.28. The second-order valence-electron chi connectivity index (χ2n) is 5.95. The summed E-state index contributed by atoms with van der Waals surface area (Å²) in [5.41, 5.74) is 1.44. The third-order valence-corrected chi connectivity index (χ3v) is 4.48. The number of fused-ring (bicyclic) bond motifs is 1. The minimum absolute atomic E-state index is 0.483. The molecular formula is C20H29N. The molecule has 1 N–H and O–H groups in total. The molecule has 2 rings (SSSR count). The lowest BCUT2D eigenvalue weighted by molar-refractivity contribution is 0.328. The topological polar surface area (TPSA) is 12.0 Å². The van der Waals surface area contributed by atoms with E-state index in [1.165, 1.54) is 42.0 Å². The third-order valence-electron chi connectivity index (χ3n) is 4.48. The summed E-state index contributed by atoms with van der Waals surface area (Å²) in [7, 11) is 0. The number of hydrogen-bond donors (Lipinski definition) is 1.